The minimum Gasteiger partial charge on any atom is -0.444 e. The number of nitrogens with one attached hydrogen (secondary N) is 2. The average molecular weight is 480 g/mol. The Morgan fingerprint density at radius 2 is 1.85 bits per heavy atom. The van der Waals surface area contributed by atoms with Crippen molar-refractivity contribution in [2.75, 3.05) is 4.72 Å². The van der Waals surface area contributed by atoms with E-state index in [9.17, 15) is 17.6 Å². The Bertz CT molecular complexity index is 1630. The summed E-state index contributed by atoms with van der Waals surface area (Å²) in [5.74, 6) is -2.96. The number of halogens is 2. The molecule has 0 bridgehead atoms. The highest BCUT2D eigenvalue weighted by Gasteiger charge is 2.26. The Morgan fingerprint density at radius 3 is 2.59 bits per heavy atom. The number of hydrogen-bond donors (Lipinski definition) is 2. The molecule has 0 saturated heterocycles. The fourth-order valence-corrected chi connectivity index (χ4v) is 4.54. The molecular formula is C23H14F2N4O4S. The molecule has 5 rings (SSSR count). The van der Waals surface area contributed by atoms with Crippen LogP contribution in [0.15, 0.2) is 82.8 Å². The van der Waals surface area contributed by atoms with Crippen LogP contribution in [0.1, 0.15) is 15.9 Å². The molecule has 0 amide bonds. The number of anilines is 1. The van der Waals surface area contributed by atoms with Crippen LogP contribution < -0.4 is 4.72 Å². The number of rotatable bonds is 6. The summed E-state index contributed by atoms with van der Waals surface area (Å²) >= 11 is 0. The summed E-state index contributed by atoms with van der Waals surface area (Å²) in [5.41, 5.74) is -0.487. The number of aromatic nitrogens is 3. The van der Waals surface area contributed by atoms with E-state index in [1.807, 2.05) is 0 Å². The van der Waals surface area contributed by atoms with Crippen molar-refractivity contribution in [2.24, 2.45) is 0 Å². The van der Waals surface area contributed by atoms with Crippen molar-refractivity contribution in [1.29, 1.82) is 0 Å². The highest BCUT2D eigenvalue weighted by Crippen LogP contribution is 2.28. The second kappa shape index (κ2) is 8.19. The predicted octanol–water partition coefficient (Wildman–Crippen LogP) is 4.53. The van der Waals surface area contributed by atoms with Crippen LogP contribution in [0.3, 0.4) is 0 Å². The summed E-state index contributed by atoms with van der Waals surface area (Å²) in [5, 5.41) is 0.379. The number of hydrogen-bond acceptors (Lipinski definition) is 6. The number of sulfonamides is 1. The van der Waals surface area contributed by atoms with Crippen LogP contribution in [0.5, 0.6) is 0 Å². The second-order valence-electron chi connectivity index (χ2n) is 7.21. The largest absolute Gasteiger partial charge is 0.444 e. The summed E-state index contributed by atoms with van der Waals surface area (Å²) < 4.78 is 62.6. The van der Waals surface area contributed by atoms with Gasteiger partial charge in [0.25, 0.3) is 10.0 Å². The normalized spacial score (nSPS) is 11.6. The van der Waals surface area contributed by atoms with Gasteiger partial charge in [-0.2, -0.15) is 0 Å². The molecule has 0 fully saturated rings. The van der Waals surface area contributed by atoms with Gasteiger partial charge in [0.2, 0.25) is 5.78 Å². The molecule has 2 aromatic carbocycles. The molecule has 5 aromatic rings. The highest BCUT2D eigenvalue weighted by atomic mass is 32.2. The van der Waals surface area contributed by atoms with E-state index in [1.165, 1.54) is 49.2 Å². The SMILES string of the molecule is O=C(c1c(F)ccc(NS(=O)(=O)c2ccc(-c3cnco3)cc2)c1F)c1c[nH]c2ncccc12. The Balaban J connectivity index is 1.48. The van der Waals surface area contributed by atoms with Crippen molar-refractivity contribution in [1.82, 2.24) is 15.0 Å². The molecule has 3 aromatic heterocycles. The van der Waals surface area contributed by atoms with Gasteiger partial charge in [0, 0.05) is 28.9 Å². The molecule has 0 aliphatic rings. The molecule has 8 nitrogen and oxygen atoms in total. The summed E-state index contributed by atoms with van der Waals surface area (Å²) in [6, 6.07) is 10.5. The van der Waals surface area contributed by atoms with Crippen LogP contribution in [-0.4, -0.2) is 29.2 Å². The lowest BCUT2D eigenvalue weighted by molar-refractivity contribution is 0.103. The van der Waals surface area contributed by atoms with Gasteiger partial charge in [-0.1, -0.05) is 0 Å². The molecule has 0 atom stereocenters. The third-order valence-corrected chi connectivity index (χ3v) is 6.52. The fraction of sp³-hybridized carbons (Fsp3) is 0. The standard InChI is InChI=1S/C23H14F2N4O4S/c24-17-7-8-18(21(25)20(17)22(30)16-10-28-23-15(16)2-1-9-27-23)29-34(31,32)14-5-3-13(4-6-14)19-11-26-12-33-19/h1-12,29H,(H,27,28). The zero-order valence-corrected chi connectivity index (χ0v) is 17.9. The number of fused-ring (bicyclic) bond motifs is 1. The molecule has 11 heteroatoms. The number of nitrogens with zero attached hydrogens (tertiary/aromatic N) is 2. The molecule has 0 spiro atoms. The van der Waals surface area contributed by atoms with Gasteiger partial charge in [-0.25, -0.2) is 27.2 Å². The Labute approximate surface area is 191 Å². The minimum absolute atomic E-state index is 0.00362. The van der Waals surface area contributed by atoms with Gasteiger partial charge in [0.05, 0.1) is 22.3 Å². The maximum atomic E-state index is 15.2. The molecule has 34 heavy (non-hydrogen) atoms. The van der Waals surface area contributed by atoms with E-state index >= 15 is 4.39 Å². The van der Waals surface area contributed by atoms with Crippen molar-refractivity contribution in [3.8, 4) is 11.3 Å². The molecule has 0 aliphatic carbocycles. The van der Waals surface area contributed by atoms with Crippen LogP contribution >= 0.6 is 0 Å². The first-order chi connectivity index (χ1) is 16.3. The Kier molecular flexibility index (Phi) is 5.17. The van der Waals surface area contributed by atoms with Crippen LogP contribution in [0.4, 0.5) is 14.5 Å². The number of oxazole rings is 1. The Hall–Kier alpha value is -4.38. The maximum absolute atomic E-state index is 15.2. The first kappa shape index (κ1) is 21.5. The van der Waals surface area contributed by atoms with Crippen molar-refractivity contribution in [3.05, 3.63) is 96.3 Å². The van der Waals surface area contributed by atoms with Gasteiger partial charge >= 0.3 is 0 Å². The summed E-state index contributed by atoms with van der Waals surface area (Å²) in [6.45, 7) is 0. The monoisotopic (exact) mass is 480 g/mol. The number of carbonyl (C=O) groups is 1. The van der Waals surface area contributed by atoms with Crippen molar-refractivity contribution < 1.29 is 26.4 Å². The number of carbonyl (C=O) groups excluding carboxylic acids is 1. The van der Waals surface area contributed by atoms with Gasteiger partial charge in [-0.05, 0) is 48.5 Å². The predicted molar refractivity (Wildman–Crippen MR) is 119 cm³/mol. The van der Waals surface area contributed by atoms with Crippen molar-refractivity contribution in [3.63, 3.8) is 0 Å². The molecule has 0 radical (unpaired) electrons. The van der Waals surface area contributed by atoms with E-state index in [1.54, 1.807) is 12.1 Å². The summed E-state index contributed by atoms with van der Waals surface area (Å²) in [6.07, 6.45) is 5.51. The molecule has 3 heterocycles. The third kappa shape index (κ3) is 3.71. The van der Waals surface area contributed by atoms with E-state index in [-0.39, 0.29) is 10.5 Å². The van der Waals surface area contributed by atoms with E-state index in [2.05, 4.69) is 19.7 Å². The van der Waals surface area contributed by atoms with Crippen LogP contribution in [0, 0.1) is 11.6 Å². The minimum atomic E-state index is -4.25. The lowest BCUT2D eigenvalue weighted by Crippen LogP contribution is -2.16. The first-order valence-electron chi connectivity index (χ1n) is 9.82. The van der Waals surface area contributed by atoms with Crippen LogP contribution in [-0.2, 0) is 10.0 Å². The van der Waals surface area contributed by atoms with E-state index in [4.69, 9.17) is 4.42 Å². The second-order valence-corrected chi connectivity index (χ2v) is 8.89. The molecule has 2 N–H and O–H groups in total. The highest BCUT2D eigenvalue weighted by molar-refractivity contribution is 7.92. The lowest BCUT2D eigenvalue weighted by atomic mass is 10.0. The number of ketones is 1. The van der Waals surface area contributed by atoms with E-state index < -0.39 is 38.7 Å². The zero-order valence-electron chi connectivity index (χ0n) is 17.1. The number of aromatic amines is 1. The van der Waals surface area contributed by atoms with Crippen LogP contribution in [0.2, 0.25) is 0 Å². The molecule has 0 aliphatic heterocycles. The summed E-state index contributed by atoms with van der Waals surface area (Å²) in [4.78, 5) is 23.4. The van der Waals surface area contributed by atoms with Gasteiger partial charge in [0.15, 0.2) is 18.0 Å². The van der Waals surface area contributed by atoms with Gasteiger partial charge < -0.3 is 9.40 Å². The van der Waals surface area contributed by atoms with Crippen molar-refractivity contribution in [2.45, 2.75) is 4.90 Å². The third-order valence-electron chi connectivity index (χ3n) is 5.14. The summed E-state index contributed by atoms with van der Waals surface area (Å²) in [7, 11) is -4.25. The van der Waals surface area contributed by atoms with Crippen LogP contribution in [0.25, 0.3) is 22.4 Å². The maximum Gasteiger partial charge on any atom is 0.261 e. The zero-order chi connectivity index (χ0) is 23.9. The van der Waals surface area contributed by atoms with Gasteiger partial charge in [-0.15, -0.1) is 0 Å². The molecule has 0 unspecified atom stereocenters. The van der Waals surface area contributed by atoms with Gasteiger partial charge in [-0.3, -0.25) is 9.52 Å². The molecular weight excluding hydrogens is 466 g/mol. The average Bonchev–Trinajstić information content (AvgIpc) is 3.51. The van der Waals surface area contributed by atoms with Gasteiger partial charge in [0.1, 0.15) is 11.5 Å². The smallest absolute Gasteiger partial charge is 0.261 e. The first-order valence-corrected chi connectivity index (χ1v) is 11.3. The van der Waals surface area contributed by atoms with Crippen molar-refractivity contribution >= 4 is 32.5 Å². The lowest BCUT2D eigenvalue weighted by Gasteiger charge is -2.12. The molecule has 170 valence electrons. The number of benzene rings is 2. The molecule has 0 saturated carbocycles. The quantitative estimate of drug-likeness (QED) is 0.345. The fourth-order valence-electron chi connectivity index (χ4n) is 3.48. The number of pyridine rings is 1. The Morgan fingerprint density at radius 1 is 1.06 bits per heavy atom. The van der Waals surface area contributed by atoms with E-state index in [0.717, 1.165) is 12.1 Å². The van der Waals surface area contributed by atoms with E-state index in [0.29, 0.717) is 22.4 Å². The number of H-pyrrole nitrogens is 1. The topological polar surface area (TPSA) is 118 Å².